The van der Waals surface area contributed by atoms with E-state index in [0.29, 0.717) is 31.0 Å². The molecule has 3 heterocycles. The first-order valence-corrected chi connectivity index (χ1v) is 12.7. The van der Waals surface area contributed by atoms with Crippen LogP contribution in [0.15, 0.2) is 76.2 Å². The normalized spacial score (nSPS) is 13.2. The van der Waals surface area contributed by atoms with Gasteiger partial charge >= 0.3 is 5.56 Å². The van der Waals surface area contributed by atoms with E-state index >= 15 is 0 Å². The second-order valence-electron chi connectivity index (χ2n) is 8.88. The minimum absolute atomic E-state index is 0.0199. The number of carbonyl (C=O) groups is 1. The van der Waals surface area contributed by atoms with E-state index in [1.54, 1.807) is 16.2 Å². The standard InChI is InChI=1S/C28H27N3O3S/c1-19(2)30-13-14-31-24(15-22-17-35-18-23(22)21-11-7-4-8-12-21)29-27(32)26(25(31)28(30)33)34-16-20-9-5-3-6-10-20/h3-12,17-19H,13-16H2,1-2H3. The molecule has 5 rings (SSSR count). The highest BCUT2D eigenvalue weighted by molar-refractivity contribution is 7.08. The van der Waals surface area contributed by atoms with E-state index in [-0.39, 0.29) is 24.3 Å². The zero-order valence-corrected chi connectivity index (χ0v) is 20.6. The number of hydrogen-bond acceptors (Lipinski definition) is 5. The van der Waals surface area contributed by atoms with Gasteiger partial charge in [0.25, 0.3) is 5.91 Å². The molecular formula is C28H27N3O3S. The van der Waals surface area contributed by atoms with Gasteiger partial charge in [0.1, 0.15) is 12.4 Å². The van der Waals surface area contributed by atoms with Crippen molar-refractivity contribution in [2.75, 3.05) is 6.54 Å². The second-order valence-corrected chi connectivity index (χ2v) is 9.63. The average Bonchev–Trinajstić information content (AvgIpc) is 3.33. The molecule has 0 unspecified atom stereocenters. The Kier molecular flexibility index (Phi) is 6.51. The van der Waals surface area contributed by atoms with Crippen LogP contribution in [0.3, 0.4) is 0 Å². The molecule has 178 valence electrons. The minimum atomic E-state index is -0.502. The van der Waals surface area contributed by atoms with Gasteiger partial charge in [-0.1, -0.05) is 60.7 Å². The number of aromatic nitrogens is 2. The van der Waals surface area contributed by atoms with Crippen LogP contribution < -0.4 is 10.3 Å². The third-order valence-corrected chi connectivity index (χ3v) is 7.07. The predicted molar refractivity (Wildman–Crippen MR) is 138 cm³/mol. The van der Waals surface area contributed by atoms with Crippen molar-refractivity contribution < 1.29 is 9.53 Å². The van der Waals surface area contributed by atoms with Crippen molar-refractivity contribution in [3.63, 3.8) is 0 Å². The lowest BCUT2D eigenvalue weighted by Gasteiger charge is -2.34. The Balaban J connectivity index is 1.56. The molecule has 1 aliphatic rings. The van der Waals surface area contributed by atoms with E-state index in [2.05, 4.69) is 27.9 Å². The average molecular weight is 486 g/mol. The third kappa shape index (κ3) is 4.64. The van der Waals surface area contributed by atoms with Crippen LogP contribution >= 0.6 is 11.3 Å². The highest BCUT2D eigenvalue weighted by atomic mass is 32.1. The zero-order chi connectivity index (χ0) is 24.4. The SMILES string of the molecule is CC(C)N1CCn2c(Cc3cscc3-c3ccccc3)nc(=O)c(OCc3ccccc3)c2C1=O. The number of amides is 1. The molecule has 0 saturated heterocycles. The van der Waals surface area contributed by atoms with Gasteiger partial charge in [0.05, 0.1) is 0 Å². The largest absolute Gasteiger partial charge is 0.481 e. The van der Waals surface area contributed by atoms with Crippen LogP contribution in [0.5, 0.6) is 5.75 Å². The minimum Gasteiger partial charge on any atom is -0.481 e. The van der Waals surface area contributed by atoms with Crippen molar-refractivity contribution in [2.45, 2.75) is 39.5 Å². The molecule has 6 nitrogen and oxygen atoms in total. The molecule has 7 heteroatoms. The van der Waals surface area contributed by atoms with Gasteiger partial charge in [-0.3, -0.25) is 9.59 Å². The second kappa shape index (κ2) is 9.88. The van der Waals surface area contributed by atoms with E-state index in [1.807, 2.05) is 66.9 Å². The van der Waals surface area contributed by atoms with Crippen molar-refractivity contribution in [2.24, 2.45) is 0 Å². The zero-order valence-electron chi connectivity index (χ0n) is 19.8. The molecule has 0 atom stereocenters. The first kappa shape index (κ1) is 23.1. The summed E-state index contributed by atoms with van der Waals surface area (Å²) in [6.45, 7) is 5.29. The molecule has 1 amide bonds. The Morgan fingerprint density at radius 3 is 2.40 bits per heavy atom. The van der Waals surface area contributed by atoms with Gasteiger partial charge in [0.15, 0.2) is 5.69 Å². The van der Waals surface area contributed by atoms with E-state index in [4.69, 9.17) is 4.74 Å². The maximum absolute atomic E-state index is 13.5. The molecule has 35 heavy (non-hydrogen) atoms. The number of thiophene rings is 1. The van der Waals surface area contributed by atoms with Gasteiger partial charge in [-0.2, -0.15) is 16.3 Å². The van der Waals surface area contributed by atoms with Crippen molar-refractivity contribution in [3.8, 4) is 16.9 Å². The number of hydrogen-bond donors (Lipinski definition) is 0. The third-order valence-electron chi connectivity index (χ3n) is 6.27. The molecule has 1 aliphatic heterocycles. The van der Waals surface area contributed by atoms with Gasteiger partial charge < -0.3 is 14.2 Å². The van der Waals surface area contributed by atoms with Crippen LogP contribution in [-0.2, 0) is 19.6 Å². The van der Waals surface area contributed by atoms with Crippen LogP contribution in [-0.4, -0.2) is 32.9 Å². The van der Waals surface area contributed by atoms with Crippen LogP contribution in [0.4, 0.5) is 0 Å². The van der Waals surface area contributed by atoms with Crippen molar-refractivity contribution in [3.05, 3.63) is 104 Å². The molecular weight excluding hydrogens is 458 g/mol. The van der Waals surface area contributed by atoms with Gasteiger partial charge in [-0.25, -0.2) is 0 Å². The number of carbonyl (C=O) groups excluding carboxylic acids is 1. The summed E-state index contributed by atoms with van der Waals surface area (Å²) in [6, 6.07) is 19.8. The van der Waals surface area contributed by atoms with Crippen LogP contribution in [0, 0.1) is 0 Å². The molecule has 0 bridgehead atoms. The lowest BCUT2D eigenvalue weighted by atomic mass is 10.0. The van der Waals surface area contributed by atoms with Crippen molar-refractivity contribution in [1.82, 2.24) is 14.5 Å². The molecule has 0 N–H and O–H groups in total. The predicted octanol–water partition coefficient (Wildman–Crippen LogP) is 5.01. The highest BCUT2D eigenvalue weighted by Crippen LogP contribution is 2.30. The molecule has 0 aliphatic carbocycles. The van der Waals surface area contributed by atoms with Crippen LogP contribution in [0.25, 0.3) is 11.1 Å². The number of fused-ring (bicyclic) bond motifs is 1. The Hall–Kier alpha value is -3.71. The summed E-state index contributed by atoms with van der Waals surface area (Å²) < 4.78 is 7.85. The quantitative estimate of drug-likeness (QED) is 0.369. The summed E-state index contributed by atoms with van der Waals surface area (Å²) in [4.78, 5) is 33.0. The van der Waals surface area contributed by atoms with Gasteiger partial charge in [-0.15, -0.1) is 0 Å². The topological polar surface area (TPSA) is 64.4 Å². The summed E-state index contributed by atoms with van der Waals surface area (Å²) in [5.41, 5.74) is 4.04. The molecule has 0 fully saturated rings. The maximum Gasteiger partial charge on any atom is 0.316 e. The van der Waals surface area contributed by atoms with E-state index in [9.17, 15) is 9.59 Å². The summed E-state index contributed by atoms with van der Waals surface area (Å²) in [7, 11) is 0. The lowest BCUT2D eigenvalue weighted by Crippen LogP contribution is -2.46. The molecule has 2 aromatic carbocycles. The summed E-state index contributed by atoms with van der Waals surface area (Å²) in [5, 5.41) is 4.20. The number of benzene rings is 2. The summed E-state index contributed by atoms with van der Waals surface area (Å²) in [6.07, 6.45) is 0.462. The first-order valence-electron chi connectivity index (χ1n) is 11.7. The Morgan fingerprint density at radius 2 is 1.69 bits per heavy atom. The maximum atomic E-state index is 13.5. The van der Waals surface area contributed by atoms with Crippen molar-refractivity contribution in [1.29, 1.82) is 0 Å². The number of rotatable bonds is 7. The lowest BCUT2D eigenvalue weighted by molar-refractivity contribution is 0.0634. The molecule has 0 radical (unpaired) electrons. The van der Waals surface area contributed by atoms with Gasteiger partial charge in [0, 0.05) is 25.6 Å². The molecule has 0 spiro atoms. The molecule has 4 aromatic rings. The smallest absolute Gasteiger partial charge is 0.316 e. The fraction of sp³-hybridized carbons (Fsp3) is 0.250. The number of ether oxygens (including phenoxy) is 1. The first-order chi connectivity index (χ1) is 17.0. The van der Waals surface area contributed by atoms with E-state index < -0.39 is 5.56 Å². The Bertz CT molecular complexity index is 1390. The van der Waals surface area contributed by atoms with Gasteiger partial charge in [0.2, 0.25) is 5.75 Å². The van der Waals surface area contributed by atoms with E-state index in [0.717, 1.165) is 22.3 Å². The Labute approximate surface area is 208 Å². The van der Waals surface area contributed by atoms with Crippen molar-refractivity contribution >= 4 is 17.2 Å². The van der Waals surface area contributed by atoms with Crippen LogP contribution in [0.1, 0.15) is 41.3 Å². The molecule has 0 saturated carbocycles. The highest BCUT2D eigenvalue weighted by Gasteiger charge is 2.33. The summed E-state index contributed by atoms with van der Waals surface area (Å²) >= 11 is 1.62. The van der Waals surface area contributed by atoms with Gasteiger partial charge in [-0.05, 0) is 46.9 Å². The fourth-order valence-electron chi connectivity index (χ4n) is 4.47. The van der Waals surface area contributed by atoms with Crippen LogP contribution in [0.2, 0.25) is 0 Å². The summed E-state index contributed by atoms with van der Waals surface area (Å²) in [5.74, 6) is 0.426. The monoisotopic (exact) mass is 485 g/mol. The molecule has 2 aromatic heterocycles. The van der Waals surface area contributed by atoms with E-state index in [1.165, 1.54) is 0 Å². The fourth-order valence-corrected chi connectivity index (χ4v) is 5.34. The number of nitrogens with zero attached hydrogens (tertiary/aromatic N) is 3. The Morgan fingerprint density at radius 1 is 0.971 bits per heavy atom.